The molecule has 0 saturated carbocycles. The normalized spacial score (nSPS) is 10.1. The Morgan fingerprint density at radius 1 is 1.35 bits per heavy atom. The van der Waals surface area contributed by atoms with Crippen molar-refractivity contribution in [3.05, 3.63) is 17.0 Å². The van der Waals surface area contributed by atoms with E-state index in [0.29, 0.717) is 12.3 Å². The molecule has 0 aliphatic carbocycles. The van der Waals surface area contributed by atoms with Gasteiger partial charge in [0.15, 0.2) is 0 Å². The smallest absolute Gasteiger partial charge is 0.306 e. The number of carbonyl (C=O) groups is 2. The molecule has 17 heavy (non-hydrogen) atoms. The van der Waals surface area contributed by atoms with Gasteiger partial charge in [0.05, 0.1) is 19.2 Å². The van der Waals surface area contributed by atoms with E-state index < -0.39 is 5.97 Å². The van der Waals surface area contributed by atoms with Crippen LogP contribution in [0.4, 0.5) is 0 Å². The van der Waals surface area contributed by atoms with Gasteiger partial charge in [0.2, 0.25) is 5.91 Å². The summed E-state index contributed by atoms with van der Waals surface area (Å²) in [5.41, 5.74) is 1.63. The zero-order chi connectivity index (χ0) is 12.8. The molecule has 0 radical (unpaired) electrons. The van der Waals surface area contributed by atoms with Crippen molar-refractivity contribution in [2.45, 2.75) is 33.2 Å². The van der Waals surface area contributed by atoms with Crippen molar-refractivity contribution in [2.75, 3.05) is 7.11 Å². The van der Waals surface area contributed by atoms with Crippen LogP contribution in [0.2, 0.25) is 0 Å². The third-order valence-corrected chi connectivity index (χ3v) is 2.43. The third kappa shape index (κ3) is 3.90. The Morgan fingerprint density at radius 3 is 2.59 bits per heavy atom. The van der Waals surface area contributed by atoms with E-state index in [0.717, 1.165) is 11.3 Å². The van der Waals surface area contributed by atoms with Crippen LogP contribution in [-0.2, 0) is 20.9 Å². The van der Waals surface area contributed by atoms with Crippen molar-refractivity contribution in [3.63, 3.8) is 0 Å². The summed E-state index contributed by atoms with van der Waals surface area (Å²) in [7, 11) is 1.30. The first-order chi connectivity index (χ1) is 8.04. The maximum absolute atomic E-state index is 11.4. The summed E-state index contributed by atoms with van der Waals surface area (Å²) in [6.45, 7) is 3.96. The molecule has 0 spiro atoms. The zero-order valence-electron chi connectivity index (χ0n) is 10.2. The minimum absolute atomic E-state index is 0.0872. The van der Waals surface area contributed by atoms with Gasteiger partial charge in [-0.2, -0.15) is 0 Å². The van der Waals surface area contributed by atoms with Crippen LogP contribution >= 0.6 is 0 Å². The molecule has 6 nitrogen and oxygen atoms in total. The van der Waals surface area contributed by atoms with Gasteiger partial charge in [-0.15, -0.1) is 0 Å². The van der Waals surface area contributed by atoms with Crippen molar-refractivity contribution in [2.24, 2.45) is 0 Å². The molecule has 1 heterocycles. The average Bonchev–Trinajstić information content (AvgIpc) is 2.63. The van der Waals surface area contributed by atoms with Crippen LogP contribution in [-0.4, -0.2) is 24.1 Å². The highest BCUT2D eigenvalue weighted by atomic mass is 16.5. The van der Waals surface area contributed by atoms with Crippen molar-refractivity contribution < 1.29 is 18.8 Å². The van der Waals surface area contributed by atoms with Crippen LogP contribution in [0.25, 0.3) is 0 Å². The minimum atomic E-state index is -0.391. The molecule has 0 aromatic carbocycles. The van der Waals surface area contributed by atoms with Gasteiger partial charge in [0, 0.05) is 18.5 Å². The van der Waals surface area contributed by atoms with E-state index in [1.807, 2.05) is 6.92 Å². The largest absolute Gasteiger partial charge is 0.469 e. The molecular formula is C11H16N2O4. The fourth-order valence-corrected chi connectivity index (χ4v) is 1.35. The number of nitrogens with zero attached hydrogens (tertiary/aromatic N) is 1. The van der Waals surface area contributed by atoms with E-state index in [-0.39, 0.29) is 18.7 Å². The summed E-state index contributed by atoms with van der Waals surface area (Å²) >= 11 is 0. The number of hydrogen-bond donors (Lipinski definition) is 1. The SMILES string of the molecule is COC(=O)CCC(=O)NCc1c(C)noc1C. The molecule has 1 amide bonds. The first-order valence-electron chi connectivity index (χ1n) is 5.30. The zero-order valence-corrected chi connectivity index (χ0v) is 10.2. The van der Waals surface area contributed by atoms with Crippen LogP contribution in [0.3, 0.4) is 0 Å². The van der Waals surface area contributed by atoms with Gasteiger partial charge < -0.3 is 14.6 Å². The van der Waals surface area contributed by atoms with Gasteiger partial charge in [-0.25, -0.2) is 0 Å². The third-order valence-electron chi connectivity index (χ3n) is 2.43. The summed E-state index contributed by atoms with van der Waals surface area (Å²) in [6, 6.07) is 0. The van der Waals surface area contributed by atoms with E-state index in [4.69, 9.17) is 4.52 Å². The van der Waals surface area contributed by atoms with Crippen molar-refractivity contribution in [3.8, 4) is 0 Å². The maximum Gasteiger partial charge on any atom is 0.306 e. The molecule has 1 rings (SSSR count). The Hall–Kier alpha value is -1.85. The van der Waals surface area contributed by atoms with E-state index in [9.17, 15) is 9.59 Å². The molecule has 0 unspecified atom stereocenters. The van der Waals surface area contributed by atoms with Crippen LogP contribution in [0.15, 0.2) is 4.52 Å². The Kier molecular flexibility index (Phi) is 4.68. The summed E-state index contributed by atoms with van der Waals surface area (Å²) in [5, 5.41) is 6.48. The molecule has 1 aromatic heterocycles. The lowest BCUT2D eigenvalue weighted by molar-refractivity contribution is -0.142. The van der Waals surface area contributed by atoms with Gasteiger partial charge in [0.25, 0.3) is 0 Å². The molecule has 1 N–H and O–H groups in total. The van der Waals surface area contributed by atoms with Gasteiger partial charge in [0.1, 0.15) is 5.76 Å². The second-order valence-corrected chi connectivity index (χ2v) is 3.66. The highest BCUT2D eigenvalue weighted by molar-refractivity contribution is 5.81. The van der Waals surface area contributed by atoms with Crippen LogP contribution in [0.5, 0.6) is 0 Å². The summed E-state index contributed by atoms with van der Waals surface area (Å²) < 4.78 is 9.41. The Bertz CT molecular complexity index is 392. The van der Waals surface area contributed by atoms with E-state index in [1.54, 1.807) is 6.92 Å². The number of methoxy groups -OCH3 is 1. The fourth-order valence-electron chi connectivity index (χ4n) is 1.35. The second kappa shape index (κ2) is 6.03. The number of carbonyl (C=O) groups excluding carboxylic acids is 2. The number of esters is 1. The lowest BCUT2D eigenvalue weighted by Crippen LogP contribution is -2.23. The van der Waals surface area contributed by atoms with E-state index in [1.165, 1.54) is 7.11 Å². The summed E-state index contributed by atoms with van der Waals surface area (Å²) in [4.78, 5) is 22.2. The summed E-state index contributed by atoms with van der Waals surface area (Å²) in [6.07, 6.45) is 0.208. The molecule has 0 saturated heterocycles. The number of ether oxygens (including phenoxy) is 1. The van der Waals surface area contributed by atoms with Crippen molar-refractivity contribution in [1.82, 2.24) is 10.5 Å². The molecule has 0 aliphatic rings. The van der Waals surface area contributed by atoms with Gasteiger partial charge in [-0.05, 0) is 13.8 Å². The molecule has 6 heteroatoms. The average molecular weight is 240 g/mol. The van der Waals surface area contributed by atoms with Crippen LogP contribution < -0.4 is 5.32 Å². The maximum atomic E-state index is 11.4. The van der Waals surface area contributed by atoms with Crippen LogP contribution in [0.1, 0.15) is 29.9 Å². The molecule has 0 bridgehead atoms. The van der Waals surface area contributed by atoms with Crippen molar-refractivity contribution in [1.29, 1.82) is 0 Å². The summed E-state index contributed by atoms with van der Waals surface area (Å²) in [5.74, 6) is 0.101. The highest BCUT2D eigenvalue weighted by Crippen LogP contribution is 2.11. The lowest BCUT2D eigenvalue weighted by Gasteiger charge is -2.04. The molecular weight excluding hydrogens is 224 g/mol. The highest BCUT2D eigenvalue weighted by Gasteiger charge is 2.11. The second-order valence-electron chi connectivity index (χ2n) is 3.66. The lowest BCUT2D eigenvalue weighted by atomic mass is 10.2. The predicted molar refractivity (Wildman–Crippen MR) is 59.1 cm³/mol. The first-order valence-corrected chi connectivity index (χ1v) is 5.30. The predicted octanol–water partition coefficient (Wildman–Crippen LogP) is 0.861. The quantitative estimate of drug-likeness (QED) is 0.772. The van der Waals surface area contributed by atoms with Gasteiger partial charge in [-0.3, -0.25) is 9.59 Å². The van der Waals surface area contributed by atoms with E-state index >= 15 is 0 Å². The molecule has 1 aromatic rings. The van der Waals surface area contributed by atoms with Crippen molar-refractivity contribution >= 4 is 11.9 Å². The number of amides is 1. The number of rotatable bonds is 5. The van der Waals surface area contributed by atoms with Crippen LogP contribution in [0, 0.1) is 13.8 Å². The van der Waals surface area contributed by atoms with Gasteiger partial charge in [-0.1, -0.05) is 5.16 Å². The fraction of sp³-hybridized carbons (Fsp3) is 0.545. The number of hydrogen-bond acceptors (Lipinski definition) is 5. The molecule has 0 fully saturated rings. The standard InChI is InChI=1S/C11H16N2O4/c1-7-9(8(2)17-13-7)6-12-10(14)4-5-11(15)16-3/h4-6H2,1-3H3,(H,12,14). The number of aryl methyl sites for hydroxylation is 2. The first kappa shape index (κ1) is 13.2. The number of nitrogens with one attached hydrogen (secondary N) is 1. The monoisotopic (exact) mass is 240 g/mol. The Labute approximate surface area is 99.3 Å². The molecule has 94 valence electrons. The van der Waals surface area contributed by atoms with E-state index in [2.05, 4.69) is 15.2 Å². The molecule has 0 aliphatic heterocycles. The molecule has 0 atom stereocenters. The minimum Gasteiger partial charge on any atom is -0.469 e. The number of aromatic nitrogens is 1. The Balaban J connectivity index is 2.36. The topological polar surface area (TPSA) is 81.4 Å². The Morgan fingerprint density at radius 2 is 2.06 bits per heavy atom. The van der Waals surface area contributed by atoms with Gasteiger partial charge >= 0.3 is 5.97 Å².